The topological polar surface area (TPSA) is 69.6 Å². The summed E-state index contributed by atoms with van der Waals surface area (Å²) in [6.45, 7) is 2.53. The summed E-state index contributed by atoms with van der Waals surface area (Å²) < 4.78 is 0. The fourth-order valence-corrected chi connectivity index (χ4v) is 3.18. The number of nitrogens with zero attached hydrogens (tertiary/aromatic N) is 1. The number of aryl methyl sites for hydroxylation is 1. The third-order valence-corrected chi connectivity index (χ3v) is 4.77. The van der Waals surface area contributed by atoms with Crippen LogP contribution < -0.4 is 5.32 Å². The molecule has 5 nitrogen and oxygen atoms in total. The molecular formula is C20H21ClN2O3. The first-order chi connectivity index (χ1) is 12.4. The van der Waals surface area contributed by atoms with Crippen molar-refractivity contribution in [3.63, 3.8) is 0 Å². The second-order valence-corrected chi connectivity index (χ2v) is 7.01. The van der Waals surface area contributed by atoms with Gasteiger partial charge in [-0.2, -0.15) is 0 Å². The van der Waals surface area contributed by atoms with Crippen molar-refractivity contribution in [2.45, 2.75) is 32.0 Å². The van der Waals surface area contributed by atoms with E-state index < -0.39 is 12.1 Å². The van der Waals surface area contributed by atoms with Crippen molar-refractivity contribution in [1.29, 1.82) is 0 Å². The first kappa shape index (κ1) is 18.4. The highest BCUT2D eigenvalue weighted by atomic mass is 35.5. The Bertz CT molecular complexity index is 790. The van der Waals surface area contributed by atoms with Gasteiger partial charge < -0.3 is 15.3 Å². The van der Waals surface area contributed by atoms with Gasteiger partial charge in [0.15, 0.2) is 0 Å². The summed E-state index contributed by atoms with van der Waals surface area (Å²) in [6, 6.07) is 13.7. The minimum Gasteiger partial charge on any atom is -0.391 e. The molecule has 0 aliphatic carbocycles. The van der Waals surface area contributed by atoms with Crippen LogP contribution >= 0.6 is 11.6 Å². The summed E-state index contributed by atoms with van der Waals surface area (Å²) in [4.78, 5) is 26.7. The molecular weight excluding hydrogens is 352 g/mol. The van der Waals surface area contributed by atoms with Crippen molar-refractivity contribution in [3.05, 3.63) is 70.2 Å². The Kier molecular flexibility index (Phi) is 5.59. The summed E-state index contributed by atoms with van der Waals surface area (Å²) >= 11 is 5.86. The van der Waals surface area contributed by atoms with Crippen LogP contribution in [0, 0.1) is 6.92 Å². The molecule has 2 aromatic carbocycles. The van der Waals surface area contributed by atoms with Crippen molar-refractivity contribution in [2.24, 2.45) is 0 Å². The number of aliphatic hydroxyl groups excluding tert-OH is 1. The Hall–Kier alpha value is -2.37. The molecule has 1 heterocycles. The van der Waals surface area contributed by atoms with Gasteiger partial charge >= 0.3 is 0 Å². The zero-order valence-corrected chi connectivity index (χ0v) is 15.2. The monoisotopic (exact) mass is 372 g/mol. The Labute approximate surface area is 157 Å². The summed E-state index contributed by atoms with van der Waals surface area (Å²) in [5, 5.41) is 13.4. The molecule has 26 heavy (non-hydrogen) atoms. The zero-order chi connectivity index (χ0) is 18.7. The highest BCUT2D eigenvalue weighted by Gasteiger charge is 2.39. The zero-order valence-electron chi connectivity index (χ0n) is 14.5. The number of halogens is 1. The number of β-amino-alcohol motifs (C(OH)–C–C–N with tert-alkyl or cyclic N) is 1. The number of hydrogen-bond donors (Lipinski definition) is 2. The predicted molar refractivity (Wildman–Crippen MR) is 99.9 cm³/mol. The number of likely N-dealkylation sites (tertiary alicyclic amines) is 1. The van der Waals surface area contributed by atoms with E-state index in [1.807, 2.05) is 31.2 Å². The van der Waals surface area contributed by atoms with Crippen molar-refractivity contribution in [3.8, 4) is 0 Å². The van der Waals surface area contributed by atoms with E-state index >= 15 is 0 Å². The Morgan fingerprint density at radius 3 is 2.46 bits per heavy atom. The predicted octanol–water partition coefficient (Wildman–Crippen LogP) is 2.54. The summed E-state index contributed by atoms with van der Waals surface area (Å²) in [5.74, 6) is -0.543. The van der Waals surface area contributed by atoms with Crippen molar-refractivity contribution in [2.75, 3.05) is 6.54 Å². The molecule has 1 aliphatic rings. The smallest absolute Gasteiger partial charge is 0.254 e. The maximum atomic E-state index is 12.7. The first-order valence-corrected chi connectivity index (χ1v) is 8.89. The lowest BCUT2D eigenvalue weighted by Crippen LogP contribution is -2.45. The second-order valence-electron chi connectivity index (χ2n) is 6.57. The van der Waals surface area contributed by atoms with E-state index in [1.54, 1.807) is 24.3 Å². The van der Waals surface area contributed by atoms with Gasteiger partial charge in [0, 0.05) is 30.1 Å². The summed E-state index contributed by atoms with van der Waals surface area (Å²) in [6.07, 6.45) is -0.472. The maximum Gasteiger partial charge on any atom is 0.254 e. The molecule has 3 rings (SSSR count). The number of aliphatic hydroxyl groups is 1. The van der Waals surface area contributed by atoms with Crippen LogP contribution in [-0.2, 0) is 11.3 Å². The number of benzene rings is 2. The molecule has 2 atom stereocenters. The van der Waals surface area contributed by atoms with Crippen molar-refractivity contribution < 1.29 is 14.7 Å². The van der Waals surface area contributed by atoms with Crippen LogP contribution in [0.4, 0.5) is 0 Å². The van der Waals surface area contributed by atoms with Crippen LogP contribution in [0.2, 0.25) is 5.02 Å². The molecule has 136 valence electrons. The summed E-state index contributed by atoms with van der Waals surface area (Å²) in [5.41, 5.74) is 2.58. The molecule has 2 aromatic rings. The molecule has 0 unspecified atom stereocenters. The first-order valence-electron chi connectivity index (χ1n) is 8.52. The van der Waals surface area contributed by atoms with E-state index in [-0.39, 0.29) is 24.8 Å². The third kappa shape index (κ3) is 4.23. The number of amides is 2. The largest absolute Gasteiger partial charge is 0.391 e. The molecule has 1 saturated heterocycles. The van der Waals surface area contributed by atoms with Gasteiger partial charge in [0.05, 0.1) is 6.10 Å². The van der Waals surface area contributed by atoms with Gasteiger partial charge in [0.25, 0.3) is 5.91 Å². The Morgan fingerprint density at radius 1 is 1.15 bits per heavy atom. The van der Waals surface area contributed by atoms with E-state index in [9.17, 15) is 14.7 Å². The lowest BCUT2D eigenvalue weighted by atomic mass is 10.1. The van der Waals surface area contributed by atoms with Gasteiger partial charge in [-0.3, -0.25) is 9.59 Å². The minimum absolute atomic E-state index is 0.143. The molecule has 0 saturated carbocycles. The van der Waals surface area contributed by atoms with E-state index in [0.717, 1.165) is 11.1 Å². The van der Waals surface area contributed by atoms with E-state index in [0.29, 0.717) is 17.1 Å². The molecule has 0 radical (unpaired) electrons. The summed E-state index contributed by atoms with van der Waals surface area (Å²) in [7, 11) is 0. The van der Waals surface area contributed by atoms with Crippen LogP contribution in [0.3, 0.4) is 0 Å². The molecule has 1 aliphatic heterocycles. The normalized spacial score (nSPS) is 19.4. The SMILES string of the molecule is Cc1ccc(CNC(=O)[C@@H]2C[C@@H](O)CN2C(=O)c2ccc(Cl)cc2)cc1. The Morgan fingerprint density at radius 2 is 1.81 bits per heavy atom. The number of rotatable bonds is 4. The number of carbonyl (C=O) groups excluding carboxylic acids is 2. The second kappa shape index (κ2) is 7.89. The fraction of sp³-hybridized carbons (Fsp3) is 0.300. The van der Waals surface area contributed by atoms with Crippen molar-refractivity contribution in [1.82, 2.24) is 10.2 Å². The maximum absolute atomic E-state index is 12.7. The molecule has 0 spiro atoms. The van der Waals surface area contributed by atoms with Gasteiger partial charge in [-0.25, -0.2) is 0 Å². The van der Waals surface area contributed by atoms with Crippen LogP contribution in [0.15, 0.2) is 48.5 Å². The highest BCUT2D eigenvalue weighted by Crippen LogP contribution is 2.22. The van der Waals surface area contributed by atoms with Gasteiger partial charge in [-0.15, -0.1) is 0 Å². The van der Waals surface area contributed by atoms with Gasteiger partial charge in [0.2, 0.25) is 5.91 Å². The molecule has 6 heteroatoms. The molecule has 1 fully saturated rings. The number of carbonyl (C=O) groups is 2. The van der Waals surface area contributed by atoms with Gasteiger partial charge in [-0.05, 0) is 36.8 Å². The average Bonchev–Trinajstić information content (AvgIpc) is 3.03. The van der Waals surface area contributed by atoms with Gasteiger partial charge in [0.1, 0.15) is 6.04 Å². The molecule has 2 N–H and O–H groups in total. The van der Waals surface area contributed by atoms with Crippen LogP contribution in [0.25, 0.3) is 0 Å². The molecule has 0 bridgehead atoms. The quantitative estimate of drug-likeness (QED) is 0.866. The minimum atomic E-state index is -0.707. The van der Waals surface area contributed by atoms with E-state index in [1.165, 1.54) is 4.90 Å². The van der Waals surface area contributed by atoms with Crippen LogP contribution in [0.5, 0.6) is 0 Å². The lowest BCUT2D eigenvalue weighted by molar-refractivity contribution is -0.125. The fourth-order valence-electron chi connectivity index (χ4n) is 3.06. The molecule has 0 aromatic heterocycles. The van der Waals surface area contributed by atoms with Crippen LogP contribution in [0.1, 0.15) is 27.9 Å². The lowest BCUT2D eigenvalue weighted by Gasteiger charge is -2.23. The van der Waals surface area contributed by atoms with E-state index in [4.69, 9.17) is 11.6 Å². The van der Waals surface area contributed by atoms with Crippen LogP contribution in [-0.4, -0.2) is 40.5 Å². The Balaban J connectivity index is 1.68. The van der Waals surface area contributed by atoms with Crippen molar-refractivity contribution >= 4 is 23.4 Å². The number of nitrogens with one attached hydrogen (secondary N) is 1. The average molecular weight is 373 g/mol. The van der Waals surface area contributed by atoms with Gasteiger partial charge in [-0.1, -0.05) is 41.4 Å². The number of hydrogen-bond acceptors (Lipinski definition) is 3. The molecule has 2 amide bonds. The van der Waals surface area contributed by atoms with E-state index in [2.05, 4.69) is 5.32 Å². The highest BCUT2D eigenvalue weighted by molar-refractivity contribution is 6.30. The standard InChI is InChI=1S/C20H21ClN2O3/c1-13-2-4-14(5-3-13)11-22-19(25)18-10-17(24)12-23(18)20(26)15-6-8-16(21)9-7-15/h2-9,17-18,24H,10-12H2,1H3,(H,22,25)/t17-,18+/m1/s1. The third-order valence-electron chi connectivity index (χ3n) is 4.52.